The molecule has 2 aliphatic carbocycles. The Kier molecular flexibility index (Phi) is 9.42. The summed E-state index contributed by atoms with van der Waals surface area (Å²) in [5, 5.41) is 104. The van der Waals surface area contributed by atoms with Gasteiger partial charge in [0.1, 0.15) is 36.6 Å². The average molecular weight is 496 g/mol. The maximum Gasteiger partial charge on any atom is 0.184 e. The maximum absolute atomic E-state index is 10.8. The fourth-order valence-corrected chi connectivity index (χ4v) is 4.97. The van der Waals surface area contributed by atoms with Crippen molar-refractivity contribution in [2.24, 2.45) is 11.8 Å². The summed E-state index contributed by atoms with van der Waals surface area (Å²) in [6.45, 7) is -0.0123. The van der Waals surface area contributed by atoms with E-state index in [0.29, 0.717) is 0 Å². The van der Waals surface area contributed by atoms with E-state index in [2.05, 4.69) is 5.32 Å². The molecule has 1 heterocycles. The molecule has 1 aliphatic heterocycles. The van der Waals surface area contributed by atoms with E-state index in [9.17, 15) is 51.1 Å². The van der Waals surface area contributed by atoms with Crippen molar-refractivity contribution in [1.82, 2.24) is 5.32 Å². The molecule has 0 aromatic heterocycles. The van der Waals surface area contributed by atoms with Crippen LogP contribution in [-0.4, -0.2) is 144 Å². The lowest BCUT2D eigenvalue weighted by molar-refractivity contribution is -0.319. The molecule has 9 unspecified atom stereocenters. The third-order valence-electron chi connectivity index (χ3n) is 7.28. The van der Waals surface area contributed by atoms with E-state index in [4.69, 9.17) is 9.47 Å². The third kappa shape index (κ3) is 5.32. The molecule has 13 heteroatoms. The van der Waals surface area contributed by atoms with Gasteiger partial charge in [0, 0.05) is 24.5 Å². The third-order valence-corrected chi connectivity index (χ3v) is 7.28. The smallest absolute Gasteiger partial charge is 0.184 e. The molecule has 2 fully saturated rings. The summed E-state index contributed by atoms with van der Waals surface area (Å²) >= 11 is 0. The topological polar surface area (TPSA) is 233 Å². The van der Waals surface area contributed by atoms with E-state index in [1.807, 2.05) is 0 Å². The maximum atomic E-state index is 10.8. The lowest BCUT2D eigenvalue weighted by Gasteiger charge is -2.47. The molecule has 34 heavy (non-hydrogen) atoms. The minimum absolute atomic E-state index is 0.0496. The zero-order valence-corrected chi connectivity index (χ0v) is 18.8. The van der Waals surface area contributed by atoms with Gasteiger partial charge in [-0.05, 0) is 12.0 Å². The first-order chi connectivity index (χ1) is 16.0. The summed E-state index contributed by atoms with van der Waals surface area (Å²) in [5.74, 6) is -1.47. The molecule has 13 nitrogen and oxygen atoms in total. The van der Waals surface area contributed by atoms with Gasteiger partial charge in [-0.3, -0.25) is 0 Å². The van der Waals surface area contributed by atoms with Gasteiger partial charge >= 0.3 is 0 Å². The highest BCUT2D eigenvalue weighted by Crippen LogP contribution is 2.34. The van der Waals surface area contributed by atoms with Gasteiger partial charge in [0.25, 0.3) is 0 Å². The summed E-state index contributed by atoms with van der Waals surface area (Å²) in [4.78, 5) is 0. The predicted molar refractivity (Wildman–Crippen MR) is 113 cm³/mol. The zero-order chi connectivity index (χ0) is 25.3. The highest BCUT2D eigenvalue weighted by molar-refractivity contribution is 5.22. The first-order valence-corrected chi connectivity index (χ1v) is 11.4. The van der Waals surface area contributed by atoms with E-state index >= 15 is 0 Å². The number of nitrogens with one attached hydrogen (secondary N) is 1. The largest absolute Gasteiger partial charge is 0.396 e. The van der Waals surface area contributed by atoms with Gasteiger partial charge < -0.3 is 65.9 Å². The number of aliphatic hydroxyl groups is 10. The van der Waals surface area contributed by atoms with Gasteiger partial charge in [-0.1, -0.05) is 13.0 Å². The molecule has 198 valence electrons. The molecule has 0 amide bonds. The van der Waals surface area contributed by atoms with Crippen molar-refractivity contribution >= 4 is 0 Å². The molecule has 14 atom stereocenters. The van der Waals surface area contributed by atoms with E-state index < -0.39 is 105 Å². The van der Waals surface area contributed by atoms with Crippen molar-refractivity contribution in [2.75, 3.05) is 19.8 Å². The van der Waals surface area contributed by atoms with Crippen molar-refractivity contribution < 1.29 is 60.5 Å². The van der Waals surface area contributed by atoms with Gasteiger partial charge in [-0.15, -0.1) is 0 Å². The molecule has 1 saturated carbocycles. The Morgan fingerprint density at radius 1 is 0.882 bits per heavy atom. The number of aliphatic hydroxyl groups excluding tert-OH is 10. The van der Waals surface area contributed by atoms with Crippen molar-refractivity contribution in [3.05, 3.63) is 11.6 Å². The Balaban J connectivity index is 1.73. The molecular formula is C21H37NO12. The summed E-state index contributed by atoms with van der Waals surface area (Å²) < 4.78 is 11.2. The van der Waals surface area contributed by atoms with Crippen LogP contribution in [0.1, 0.15) is 13.3 Å². The first-order valence-electron chi connectivity index (χ1n) is 11.4. The molecule has 11 N–H and O–H groups in total. The van der Waals surface area contributed by atoms with Crippen molar-refractivity contribution in [1.29, 1.82) is 0 Å². The van der Waals surface area contributed by atoms with Crippen LogP contribution in [0.25, 0.3) is 0 Å². The number of hydrogen-bond donors (Lipinski definition) is 11. The minimum Gasteiger partial charge on any atom is -0.396 e. The number of hydrogen-bond acceptors (Lipinski definition) is 13. The van der Waals surface area contributed by atoms with Crippen LogP contribution in [0, 0.1) is 11.8 Å². The van der Waals surface area contributed by atoms with Crippen molar-refractivity contribution in [2.45, 2.75) is 86.7 Å². The number of rotatable bonds is 7. The quantitative estimate of drug-likeness (QED) is 0.148. The second-order valence-corrected chi connectivity index (χ2v) is 9.45. The van der Waals surface area contributed by atoms with E-state index in [-0.39, 0.29) is 12.0 Å². The Hall–Kier alpha value is -0.780. The Labute approximate surface area is 196 Å². The van der Waals surface area contributed by atoms with Crippen LogP contribution in [0.4, 0.5) is 0 Å². The molecule has 3 rings (SSSR count). The van der Waals surface area contributed by atoms with Crippen LogP contribution >= 0.6 is 0 Å². The zero-order valence-electron chi connectivity index (χ0n) is 18.8. The second-order valence-electron chi connectivity index (χ2n) is 9.45. The van der Waals surface area contributed by atoms with E-state index in [1.165, 1.54) is 6.08 Å². The first kappa shape index (κ1) is 27.8. The monoisotopic (exact) mass is 495 g/mol. The van der Waals surface area contributed by atoms with Crippen molar-refractivity contribution in [3.8, 4) is 0 Å². The Bertz CT molecular complexity index is 693. The van der Waals surface area contributed by atoms with Gasteiger partial charge in [-0.25, -0.2) is 0 Å². The summed E-state index contributed by atoms with van der Waals surface area (Å²) in [6.07, 6.45) is -12.1. The van der Waals surface area contributed by atoms with Crippen LogP contribution < -0.4 is 5.32 Å². The normalized spacial score (nSPS) is 50.1. The SMILES string of the molecule is C[C@@H]1C(O)C(OC2[C@H](CO)CC(NC3C=C(CO)[C@H](O)C(O)C3O)C(O)[C@@H]2O)O[C@H](CO)C1O. The molecule has 0 spiro atoms. The minimum atomic E-state index is -1.58. The molecular weight excluding hydrogens is 458 g/mol. The van der Waals surface area contributed by atoms with Crippen molar-refractivity contribution in [3.63, 3.8) is 0 Å². The lowest BCUT2D eigenvalue weighted by atomic mass is 9.78. The molecule has 0 radical (unpaired) electrons. The molecule has 0 aromatic rings. The predicted octanol–water partition coefficient (Wildman–Crippen LogP) is -5.48. The Morgan fingerprint density at radius 3 is 2.15 bits per heavy atom. The standard InChI is InChI=1S/C21H37NO12/c1-7-13(26)12(6-25)33-21(14(7)27)34-20-9(5-24)3-11(17(30)19(20)32)22-10-2-8(4-23)15(28)18(31)16(10)29/h2,7,9-32H,3-6H2,1H3/t7-,9-,10?,11?,12+,13?,14?,15-,16?,17?,18?,19-,20?,21?/m0/s1. The highest BCUT2D eigenvalue weighted by atomic mass is 16.7. The van der Waals surface area contributed by atoms with Crippen LogP contribution in [-0.2, 0) is 9.47 Å². The Morgan fingerprint density at radius 2 is 1.56 bits per heavy atom. The summed E-state index contributed by atoms with van der Waals surface area (Å²) in [6, 6.07) is -1.85. The van der Waals surface area contributed by atoms with Crippen LogP contribution in [0.15, 0.2) is 11.6 Å². The van der Waals surface area contributed by atoms with Gasteiger partial charge in [0.05, 0.1) is 37.6 Å². The summed E-state index contributed by atoms with van der Waals surface area (Å²) in [7, 11) is 0. The average Bonchev–Trinajstić information content (AvgIpc) is 2.83. The van der Waals surface area contributed by atoms with E-state index in [1.54, 1.807) is 6.92 Å². The van der Waals surface area contributed by atoms with Gasteiger partial charge in [0.2, 0.25) is 0 Å². The van der Waals surface area contributed by atoms with Gasteiger partial charge in [0.15, 0.2) is 6.29 Å². The fourth-order valence-electron chi connectivity index (χ4n) is 4.97. The van der Waals surface area contributed by atoms with Gasteiger partial charge in [-0.2, -0.15) is 0 Å². The molecule has 3 aliphatic rings. The van der Waals surface area contributed by atoms with Crippen LogP contribution in [0.3, 0.4) is 0 Å². The molecule has 0 aromatic carbocycles. The number of ether oxygens (including phenoxy) is 2. The summed E-state index contributed by atoms with van der Waals surface area (Å²) in [5.41, 5.74) is 0.0826. The lowest BCUT2D eigenvalue weighted by Crippen LogP contribution is -2.65. The van der Waals surface area contributed by atoms with Crippen LogP contribution in [0.2, 0.25) is 0 Å². The molecule has 1 saturated heterocycles. The second kappa shape index (κ2) is 11.5. The highest BCUT2D eigenvalue weighted by Gasteiger charge is 2.50. The molecule has 0 bridgehead atoms. The fraction of sp³-hybridized carbons (Fsp3) is 0.905. The van der Waals surface area contributed by atoms with Crippen LogP contribution in [0.5, 0.6) is 0 Å². The van der Waals surface area contributed by atoms with E-state index in [0.717, 1.165) is 0 Å².